The summed E-state index contributed by atoms with van der Waals surface area (Å²) in [5.74, 6) is 0.992. The molecule has 1 rings (SSSR count). The van der Waals surface area contributed by atoms with Crippen molar-refractivity contribution in [2.24, 2.45) is 11.3 Å². The number of hydrogen-bond acceptors (Lipinski definition) is 2. The van der Waals surface area contributed by atoms with E-state index in [1.54, 1.807) is 12.1 Å². The van der Waals surface area contributed by atoms with Crippen molar-refractivity contribution in [1.29, 1.82) is 0 Å². The molecule has 0 saturated carbocycles. The molecule has 2 heteroatoms. The first-order chi connectivity index (χ1) is 7.42. The van der Waals surface area contributed by atoms with Crippen LogP contribution in [0.25, 0.3) is 0 Å². The van der Waals surface area contributed by atoms with E-state index < -0.39 is 0 Å². The topological polar surface area (TPSA) is 32.3 Å². The van der Waals surface area contributed by atoms with Crippen molar-refractivity contribution in [2.75, 3.05) is 6.54 Å². The number of benzene rings is 1. The molecular weight excluding hydrogens is 198 g/mol. The van der Waals surface area contributed by atoms with E-state index in [1.807, 2.05) is 12.1 Å². The molecule has 2 nitrogen and oxygen atoms in total. The zero-order chi connectivity index (χ0) is 12.2. The summed E-state index contributed by atoms with van der Waals surface area (Å²) < 4.78 is 0. The van der Waals surface area contributed by atoms with Crippen LogP contribution in [0.2, 0.25) is 0 Å². The van der Waals surface area contributed by atoms with E-state index in [9.17, 15) is 5.11 Å². The average molecular weight is 221 g/mol. The van der Waals surface area contributed by atoms with Crippen LogP contribution in [0.1, 0.15) is 33.3 Å². The Labute approximate surface area is 98.7 Å². The van der Waals surface area contributed by atoms with Gasteiger partial charge in [0.05, 0.1) is 0 Å². The average Bonchev–Trinajstić information content (AvgIpc) is 2.17. The molecule has 0 fully saturated rings. The Bertz CT molecular complexity index is 331. The van der Waals surface area contributed by atoms with Gasteiger partial charge >= 0.3 is 0 Å². The molecule has 0 atom stereocenters. The van der Waals surface area contributed by atoms with Crippen LogP contribution in [-0.2, 0) is 6.54 Å². The molecule has 0 radical (unpaired) electrons. The van der Waals surface area contributed by atoms with Gasteiger partial charge in [0.1, 0.15) is 5.75 Å². The van der Waals surface area contributed by atoms with Crippen LogP contribution in [0.3, 0.4) is 0 Å². The molecule has 1 aromatic carbocycles. The van der Waals surface area contributed by atoms with E-state index in [1.165, 1.54) is 0 Å². The highest BCUT2D eigenvalue weighted by Gasteiger charge is 2.21. The van der Waals surface area contributed by atoms with Crippen LogP contribution in [0.5, 0.6) is 5.75 Å². The van der Waals surface area contributed by atoms with E-state index >= 15 is 0 Å². The molecule has 0 aliphatic carbocycles. The Hall–Kier alpha value is -1.02. The summed E-state index contributed by atoms with van der Waals surface area (Å²) in [5.41, 5.74) is 1.43. The molecule has 0 saturated heterocycles. The van der Waals surface area contributed by atoms with Crippen molar-refractivity contribution in [1.82, 2.24) is 5.32 Å². The van der Waals surface area contributed by atoms with E-state index in [-0.39, 0.29) is 0 Å². The van der Waals surface area contributed by atoms with Gasteiger partial charge in [-0.15, -0.1) is 0 Å². The Morgan fingerprint density at radius 2 is 2.00 bits per heavy atom. The van der Waals surface area contributed by atoms with Crippen LogP contribution in [0.4, 0.5) is 0 Å². The lowest BCUT2D eigenvalue weighted by Gasteiger charge is -2.29. The van der Waals surface area contributed by atoms with Crippen LogP contribution in [0, 0.1) is 11.3 Å². The number of nitrogens with one attached hydrogen (secondary N) is 1. The molecule has 1 aromatic rings. The molecule has 0 aliphatic heterocycles. The maximum Gasteiger partial charge on any atom is 0.115 e. The van der Waals surface area contributed by atoms with Gasteiger partial charge in [-0.3, -0.25) is 0 Å². The van der Waals surface area contributed by atoms with Gasteiger partial charge in [0.15, 0.2) is 0 Å². The molecule has 0 bridgehead atoms. The van der Waals surface area contributed by atoms with Crippen LogP contribution >= 0.6 is 0 Å². The third kappa shape index (κ3) is 3.86. The van der Waals surface area contributed by atoms with E-state index in [0.717, 1.165) is 18.7 Å². The molecule has 0 aromatic heterocycles. The van der Waals surface area contributed by atoms with Gasteiger partial charge in [-0.2, -0.15) is 0 Å². The molecule has 16 heavy (non-hydrogen) atoms. The number of aromatic hydroxyl groups is 1. The highest BCUT2D eigenvalue weighted by molar-refractivity contribution is 5.26. The first kappa shape index (κ1) is 13.0. The van der Waals surface area contributed by atoms with Crippen LogP contribution in [-0.4, -0.2) is 11.7 Å². The maximum absolute atomic E-state index is 9.33. The van der Waals surface area contributed by atoms with Crippen molar-refractivity contribution < 1.29 is 5.11 Å². The van der Waals surface area contributed by atoms with Crippen LogP contribution < -0.4 is 5.32 Å². The van der Waals surface area contributed by atoms with Crippen molar-refractivity contribution in [3.05, 3.63) is 29.8 Å². The Morgan fingerprint density at radius 3 is 2.56 bits per heavy atom. The molecule has 90 valence electrons. The molecule has 0 aliphatic rings. The number of hydrogen-bond donors (Lipinski definition) is 2. The number of phenolic OH excluding ortho intramolecular Hbond substituents is 1. The lowest BCUT2D eigenvalue weighted by Crippen LogP contribution is -2.33. The van der Waals surface area contributed by atoms with Gasteiger partial charge in [0.2, 0.25) is 0 Å². The summed E-state index contributed by atoms with van der Waals surface area (Å²) in [6, 6.07) is 7.39. The second-order valence-electron chi connectivity index (χ2n) is 5.42. The van der Waals surface area contributed by atoms with Gasteiger partial charge in [0.25, 0.3) is 0 Å². The third-order valence-corrected chi connectivity index (χ3v) is 3.38. The summed E-state index contributed by atoms with van der Waals surface area (Å²) in [5, 5.41) is 12.8. The molecule has 0 spiro atoms. The SMILES string of the molecule is CC(C)C(C)(C)CNCc1cccc(O)c1. The van der Waals surface area contributed by atoms with Crippen molar-refractivity contribution in [3.8, 4) is 5.75 Å². The largest absolute Gasteiger partial charge is 0.508 e. The second kappa shape index (κ2) is 5.35. The monoisotopic (exact) mass is 221 g/mol. The predicted octanol–water partition coefficient (Wildman–Crippen LogP) is 3.16. The van der Waals surface area contributed by atoms with Gasteiger partial charge in [-0.1, -0.05) is 39.8 Å². The van der Waals surface area contributed by atoms with Crippen LogP contribution in [0.15, 0.2) is 24.3 Å². The molecule has 0 amide bonds. The standard InChI is InChI=1S/C14H23NO/c1-11(2)14(3,4)10-15-9-12-6-5-7-13(16)8-12/h5-8,11,15-16H,9-10H2,1-4H3. The highest BCUT2D eigenvalue weighted by Crippen LogP contribution is 2.24. The fourth-order valence-electron chi connectivity index (χ4n) is 1.40. The van der Waals surface area contributed by atoms with Crippen molar-refractivity contribution >= 4 is 0 Å². The quantitative estimate of drug-likeness (QED) is 0.800. The summed E-state index contributed by atoms with van der Waals surface area (Å²) in [6.07, 6.45) is 0. The van der Waals surface area contributed by atoms with Gasteiger partial charge in [-0.05, 0) is 29.0 Å². The lowest BCUT2D eigenvalue weighted by molar-refractivity contribution is 0.238. The summed E-state index contributed by atoms with van der Waals surface area (Å²) in [7, 11) is 0. The smallest absolute Gasteiger partial charge is 0.115 e. The summed E-state index contributed by atoms with van der Waals surface area (Å²) in [4.78, 5) is 0. The normalized spacial score (nSPS) is 12.1. The molecular formula is C14H23NO. The second-order valence-corrected chi connectivity index (χ2v) is 5.42. The molecule has 0 heterocycles. The molecule has 2 N–H and O–H groups in total. The minimum absolute atomic E-state index is 0.302. The van der Waals surface area contributed by atoms with E-state index in [0.29, 0.717) is 17.1 Å². The number of rotatable bonds is 5. The summed E-state index contributed by atoms with van der Waals surface area (Å²) >= 11 is 0. The zero-order valence-electron chi connectivity index (χ0n) is 10.7. The van der Waals surface area contributed by atoms with Crippen molar-refractivity contribution in [2.45, 2.75) is 34.2 Å². The zero-order valence-corrected chi connectivity index (χ0v) is 10.7. The van der Waals surface area contributed by atoms with Gasteiger partial charge in [0, 0.05) is 13.1 Å². The molecule has 0 unspecified atom stereocenters. The number of phenols is 1. The first-order valence-corrected chi connectivity index (χ1v) is 5.90. The highest BCUT2D eigenvalue weighted by atomic mass is 16.3. The fraction of sp³-hybridized carbons (Fsp3) is 0.571. The predicted molar refractivity (Wildman–Crippen MR) is 68.4 cm³/mol. The third-order valence-electron chi connectivity index (χ3n) is 3.38. The van der Waals surface area contributed by atoms with E-state index in [4.69, 9.17) is 0 Å². The minimum atomic E-state index is 0.302. The van der Waals surface area contributed by atoms with Crippen molar-refractivity contribution in [3.63, 3.8) is 0 Å². The Morgan fingerprint density at radius 1 is 1.31 bits per heavy atom. The fourth-order valence-corrected chi connectivity index (χ4v) is 1.40. The van der Waals surface area contributed by atoms with Gasteiger partial charge in [-0.25, -0.2) is 0 Å². The first-order valence-electron chi connectivity index (χ1n) is 5.90. The Balaban J connectivity index is 2.42. The minimum Gasteiger partial charge on any atom is -0.508 e. The van der Waals surface area contributed by atoms with E-state index in [2.05, 4.69) is 33.0 Å². The van der Waals surface area contributed by atoms with Gasteiger partial charge < -0.3 is 10.4 Å². The summed E-state index contributed by atoms with van der Waals surface area (Å²) in [6.45, 7) is 10.8. The maximum atomic E-state index is 9.33. The lowest BCUT2D eigenvalue weighted by atomic mass is 9.81. The Kier molecular flexibility index (Phi) is 4.36.